The number of sulfonamides is 1. The first-order valence-corrected chi connectivity index (χ1v) is 14.3. The molecule has 1 aliphatic rings. The highest BCUT2D eigenvalue weighted by Gasteiger charge is 2.27. The number of anilines is 2. The van der Waals surface area contributed by atoms with Crippen LogP contribution in [0.5, 0.6) is 0 Å². The fraction of sp³-hybridized carbons (Fsp3) is 0.448. The Kier molecular flexibility index (Phi) is 7.36. The van der Waals surface area contributed by atoms with Crippen molar-refractivity contribution in [1.82, 2.24) is 9.55 Å². The molecule has 1 aromatic heterocycles. The molecule has 38 heavy (non-hydrogen) atoms. The molecule has 0 bridgehead atoms. The molecule has 2 aromatic carbocycles. The molecular formula is C29H38N4O4S. The monoisotopic (exact) mass is 538 g/mol. The largest absolute Gasteiger partial charge is 0.501 e. The second-order valence-corrected chi connectivity index (χ2v) is 13.9. The predicted octanol–water partition coefficient (Wildman–Crippen LogP) is 5.69. The second kappa shape index (κ2) is 10.1. The number of benzene rings is 2. The van der Waals surface area contributed by atoms with Gasteiger partial charge in [-0.15, -0.1) is 0 Å². The second-order valence-electron chi connectivity index (χ2n) is 11.9. The van der Waals surface area contributed by atoms with E-state index in [0.29, 0.717) is 23.9 Å². The van der Waals surface area contributed by atoms with Gasteiger partial charge in [0.25, 0.3) is 10.0 Å². The van der Waals surface area contributed by atoms with E-state index in [0.717, 1.165) is 29.8 Å². The number of aromatic nitrogens is 2. The quantitative estimate of drug-likeness (QED) is 0.435. The van der Waals surface area contributed by atoms with Gasteiger partial charge >= 0.3 is 0 Å². The van der Waals surface area contributed by atoms with Gasteiger partial charge in [0.05, 0.1) is 34.5 Å². The highest BCUT2D eigenvalue weighted by molar-refractivity contribution is 7.92. The maximum absolute atomic E-state index is 13.4. The standard InChI is InChI=1S/C29H38N4O4S/c1-28(2,3)26-31-24-18-22(10-13-25(24)33(26)19-20-14-16-37-17-15-20)32(7)38(35,36)23-11-8-21(9-12-23)30-27(34)29(4,5)6/h8-14,16,18,20H,15,17,19H2,1-7H3,(H,30,34). The summed E-state index contributed by atoms with van der Waals surface area (Å²) in [7, 11) is -2.28. The molecule has 1 N–H and O–H groups in total. The fourth-order valence-corrected chi connectivity index (χ4v) is 5.52. The number of hydrogen-bond acceptors (Lipinski definition) is 5. The molecule has 0 spiro atoms. The number of fused-ring (bicyclic) bond motifs is 1. The van der Waals surface area contributed by atoms with E-state index in [1.54, 1.807) is 25.4 Å². The number of nitrogens with zero attached hydrogens (tertiary/aromatic N) is 3. The molecule has 0 saturated carbocycles. The van der Waals surface area contributed by atoms with Crippen molar-refractivity contribution in [2.24, 2.45) is 11.3 Å². The normalized spacial score (nSPS) is 16.3. The van der Waals surface area contributed by atoms with Gasteiger partial charge in [-0.05, 0) is 55.0 Å². The van der Waals surface area contributed by atoms with Crippen molar-refractivity contribution in [3.8, 4) is 0 Å². The maximum Gasteiger partial charge on any atom is 0.264 e. The Morgan fingerprint density at radius 2 is 1.79 bits per heavy atom. The molecule has 0 saturated heterocycles. The lowest BCUT2D eigenvalue weighted by atomic mass is 9.95. The smallest absolute Gasteiger partial charge is 0.264 e. The summed E-state index contributed by atoms with van der Waals surface area (Å²) < 4.78 is 35.8. The summed E-state index contributed by atoms with van der Waals surface area (Å²) in [5.74, 6) is 1.17. The molecule has 1 atom stereocenters. The highest BCUT2D eigenvalue weighted by atomic mass is 32.2. The van der Waals surface area contributed by atoms with Gasteiger partial charge in [0.15, 0.2) is 0 Å². The summed E-state index contributed by atoms with van der Waals surface area (Å²) >= 11 is 0. The van der Waals surface area contributed by atoms with Crippen molar-refractivity contribution in [2.75, 3.05) is 23.3 Å². The van der Waals surface area contributed by atoms with Gasteiger partial charge in [-0.3, -0.25) is 9.10 Å². The number of hydrogen-bond donors (Lipinski definition) is 1. The van der Waals surface area contributed by atoms with Gasteiger partial charge in [-0.25, -0.2) is 13.4 Å². The van der Waals surface area contributed by atoms with Crippen LogP contribution in [0.15, 0.2) is 59.7 Å². The van der Waals surface area contributed by atoms with E-state index in [2.05, 4.69) is 36.7 Å². The summed E-state index contributed by atoms with van der Waals surface area (Å²) in [4.78, 5) is 17.4. The Hall–Kier alpha value is -3.33. The molecule has 2 heterocycles. The first-order valence-electron chi connectivity index (χ1n) is 12.9. The average molecular weight is 539 g/mol. The van der Waals surface area contributed by atoms with Gasteiger partial charge in [-0.2, -0.15) is 0 Å². The van der Waals surface area contributed by atoms with E-state index in [9.17, 15) is 13.2 Å². The molecule has 1 unspecified atom stereocenters. The van der Waals surface area contributed by atoms with E-state index < -0.39 is 15.4 Å². The SMILES string of the molecule is CN(c1ccc2c(c1)nc(C(C)(C)C)n2CC1C=COCC1)S(=O)(=O)c1ccc(NC(=O)C(C)(C)C)cc1. The van der Waals surface area contributed by atoms with Crippen molar-refractivity contribution in [2.45, 2.75) is 64.8 Å². The lowest BCUT2D eigenvalue weighted by molar-refractivity contribution is -0.123. The molecule has 3 aromatic rings. The summed E-state index contributed by atoms with van der Waals surface area (Å²) in [6.45, 7) is 13.4. The molecule has 9 heteroatoms. The van der Waals surface area contributed by atoms with Crippen molar-refractivity contribution in [1.29, 1.82) is 0 Å². The lowest BCUT2D eigenvalue weighted by Gasteiger charge is -2.24. The van der Waals surface area contributed by atoms with Gasteiger partial charge in [0, 0.05) is 36.0 Å². The lowest BCUT2D eigenvalue weighted by Crippen LogP contribution is -2.28. The molecule has 0 radical (unpaired) electrons. The molecular weight excluding hydrogens is 500 g/mol. The number of ether oxygens (including phenoxy) is 1. The highest BCUT2D eigenvalue weighted by Crippen LogP contribution is 2.32. The first kappa shape index (κ1) is 27.7. The molecule has 4 rings (SSSR count). The minimum atomic E-state index is -3.83. The fourth-order valence-electron chi connectivity index (χ4n) is 4.33. The van der Waals surface area contributed by atoms with Crippen molar-refractivity contribution >= 4 is 38.3 Å². The summed E-state index contributed by atoms with van der Waals surface area (Å²) in [5, 5.41) is 2.82. The van der Waals surface area contributed by atoms with Crippen LogP contribution in [0.2, 0.25) is 0 Å². The van der Waals surface area contributed by atoms with Crippen LogP contribution >= 0.6 is 0 Å². The van der Waals surface area contributed by atoms with Gasteiger partial charge < -0.3 is 14.6 Å². The minimum Gasteiger partial charge on any atom is -0.501 e. The number of rotatable bonds is 6. The van der Waals surface area contributed by atoms with E-state index in [-0.39, 0.29) is 16.2 Å². The predicted molar refractivity (Wildman–Crippen MR) is 152 cm³/mol. The molecule has 1 amide bonds. The number of amides is 1. The van der Waals surface area contributed by atoms with E-state index in [1.165, 1.54) is 16.4 Å². The summed E-state index contributed by atoms with van der Waals surface area (Å²) in [5.41, 5.74) is 2.07. The van der Waals surface area contributed by atoms with Crippen molar-refractivity contribution in [3.63, 3.8) is 0 Å². The third kappa shape index (κ3) is 5.72. The molecule has 204 valence electrons. The van der Waals surface area contributed by atoms with Crippen LogP contribution in [0.4, 0.5) is 11.4 Å². The van der Waals surface area contributed by atoms with Crippen LogP contribution in [-0.2, 0) is 31.5 Å². The Balaban J connectivity index is 1.63. The van der Waals surface area contributed by atoms with Crippen LogP contribution in [-0.4, -0.2) is 37.5 Å². The Morgan fingerprint density at radius 1 is 1.11 bits per heavy atom. The number of carbonyl (C=O) groups is 1. The van der Waals surface area contributed by atoms with Crippen LogP contribution in [0.1, 0.15) is 53.8 Å². The van der Waals surface area contributed by atoms with Crippen molar-refractivity contribution < 1.29 is 17.9 Å². The molecule has 1 aliphatic heterocycles. The zero-order valence-electron chi connectivity index (χ0n) is 23.3. The number of carbonyl (C=O) groups excluding carboxylic acids is 1. The maximum atomic E-state index is 13.4. The third-order valence-corrected chi connectivity index (χ3v) is 8.49. The minimum absolute atomic E-state index is 0.138. The van der Waals surface area contributed by atoms with Crippen molar-refractivity contribution in [3.05, 3.63) is 60.6 Å². The number of allylic oxidation sites excluding steroid dienone is 1. The van der Waals surface area contributed by atoms with Crippen LogP contribution in [0, 0.1) is 11.3 Å². The number of nitrogens with one attached hydrogen (secondary N) is 1. The first-order chi connectivity index (χ1) is 17.7. The Bertz CT molecular complexity index is 1460. The van der Waals surface area contributed by atoms with E-state index >= 15 is 0 Å². The van der Waals surface area contributed by atoms with E-state index in [1.807, 2.05) is 39.0 Å². The van der Waals surface area contributed by atoms with Gasteiger partial charge in [0.1, 0.15) is 5.82 Å². The van der Waals surface area contributed by atoms with Crippen LogP contribution in [0.25, 0.3) is 11.0 Å². The summed E-state index contributed by atoms with van der Waals surface area (Å²) in [6, 6.07) is 11.8. The third-order valence-electron chi connectivity index (χ3n) is 6.69. The molecule has 8 nitrogen and oxygen atoms in total. The Labute approximate surface area is 225 Å². The van der Waals surface area contributed by atoms with Crippen LogP contribution in [0.3, 0.4) is 0 Å². The van der Waals surface area contributed by atoms with Gasteiger partial charge in [0.2, 0.25) is 5.91 Å². The Morgan fingerprint density at radius 3 is 2.37 bits per heavy atom. The zero-order valence-corrected chi connectivity index (χ0v) is 24.1. The van der Waals surface area contributed by atoms with Crippen LogP contribution < -0.4 is 9.62 Å². The van der Waals surface area contributed by atoms with E-state index in [4.69, 9.17) is 9.72 Å². The number of imidazole rings is 1. The zero-order chi connectivity index (χ0) is 27.9. The summed E-state index contributed by atoms with van der Waals surface area (Å²) in [6.07, 6.45) is 4.81. The molecule has 0 fully saturated rings. The van der Waals surface area contributed by atoms with Gasteiger partial charge in [-0.1, -0.05) is 41.5 Å². The topological polar surface area (TPSA) is 93.5 Å². The average Bonchev–Trinajstić information content (AvgIpc) is 3.22. The molecule has 0 aliphatic carbocycles.